The van der Waals surface area contributed by atoms with E-state index in [4.69, 9.17) is 0 Å². The van der Waals surface area contributed by atoms with Crippen LogP contribution in [0.4, 0.5) is 0 Å². The number of amides is 1. The van der Waals surface area contributed by atoms with Crippen LogP contribution in [0, 0.1) is 0 Å². The molecule has 4 aromatic rings. The van der Waals surface area contributed by atoms with E-state index < -0.39 is 17.2 Å². The third-order valence-electron chi connectivity index (χ3n) is 5.53. The highest BCUT2D eigenvalue weighted by Crippen LogP contribution is 2.21. The largest absolute Gasteiger partial charge is 0.348 e. The van der Waals surface area contributed by atoms with Crippen LogP contribution < -0.4 is 16.6 Å². The number of carbonyl (C=O) groups excluding carboxylic acids is 1. The van der Waals surface area contributed by atoms with Gasteiger partial charge in [0.25, 0.3) is 5.56 Å². The summed E-state index contributed by atoms with van der Waals surface area (Å²) >= 11 is 0. The molecule has 0 aliphatic rings. The number of hydrogen-bond acceptors (Lipinski definition) is 3. The maximum atomic E-state index is 12.8. The van der Waals surface area contributed by atoms with Gasteiger partial charge in [0.15, 0.2) is 0 Å². The summed E-state index contributed by atoms with van der Waals surface area (Å²) in [6, 6.07) is 28.5. The minimum absolute atomic E-state index is 0.270. The predicted molar refractivity (Wildman–Crippen MR) is 129 cm³/mol. The quantitative estimate of drug-likeness (QED) is 0.478. The van der Waals surface area contributed by atoms with Crippen molar-refractivity contribution in [1.82, 2.24) is 14.5 Å². The first-order chi connectivity index (χ1) is 16.0. The molecule has 166 valence electrons. The van der Waals surface area contributed by atoms with Gasteiger partial charge in [0.1, 0.15) is 6.54 Å². The van der Waals surface area contributed by atoms with Gasteiger partial charge < -0.3 is 5.32 Å². The van der Waals surface area contributed by atoms with Crippen molar-refractivity contribution in [3.63, 3.8) is 0 Å². The van der Waals surface area contributed by atoms with Crippen molar-refractivity contribution < 1.29 is 4.79 Å². The zero-order valence-electron chi connectivity index (χ0n) is 18.3. The Morgan fingerprint density at radius 1 is 0.818 bits per heavy atom. The molecular formula is C27H25N3O3. The highest BCUT2D eigenvalue weighted by atomic mass is 16.2. The van der Waals surface area contributed by atoms with Gasteiger partial charge in [-0.3, -0.25) is 18.7 Å². The van der Waals surface area contributed by atoms with Gasteiger partial charge >= 0.3 is 5.69 Å². The first-order valence-corrected chi connectivity index (χ1v) is 10.8. The molecule has 3 aromatic carbocycles. The molecule has 0 saturated carbocycles. The first kappa shape index (κ1) is 22.0. The van der Waals surface area contributed by atoms with Gasteiger partial charge in [0.05, 0.1) is 12.6 Å². The smallest absolute Gasteiger partial charge is 0.331 e. The Balaban J connectivity index is 1.44. The number of nitrogens with zero attached hydrogens (tertiary/aromatic N) is 2. The van der Waals surface area contributed by atoms with Gasteiger partial charge in [-0.05, 0) is 29.2 Å². The van der Waals surface area contributed by atoms with Crippen molar-refractivity contribution in [2.75, 3.05) is 0 Å². The number of carbonyl (C=O) groups is 1. The molecule has 0 aliphatic heterocycles. The third-order valence-corrected chi connectivity index (χ3v) is 5.53. The van der Waals surface area contributed by atoms with Crippen LogP contribution in [0.25, 0.3) is 11.1 Å². The molecule has 1 heterocycles. The van der Waals surface area contributed by atoms with Crippen LogP contribution in [0.15, 0.2) is 107 Å². The van der Waals surface area contributed by atoms with Crippen LogP contribution in [-0.2, 0) is 17.9 Å². The molecule has 33 heavy (non-hydrogen) atoms. The SMILES string of the molecule is C[C@@H](NC(=O)Cn1c(=O)ccn(Cc2ccccc2)c1=O)c1ccc(-c2ccccc2)cc1. The predicted octanol–water partition coefficient (Wildman–Crippen LogP) is 3.60. The van der Waals surface area contributed by atoms with E-state index in [1.165, 1.54) is 16.8 Å². The number of benzene rings is 3. The topological polar surface area (TPSA) is 73.1 Å². The van der Waals surface area contributed by atoms with Crippen molar-refractivity contribution in [2.45, 2.75) is 26.1 Å². The number of rotatable bonds is 7. The van der Waals surface area contributed by atoms with E-state index in [2.05, 4.69) is 5.32 Å². The van der Waals surface area contributed by atoms with E-state index in [-0.39, 0.29) is 12.6 Å². The van der Waals surface area contributed by atoms with Crippen LogP contribution in [-0.4, -0.2) is 15.0 Å². The Bertz CT molecular complexity index is 1340. The molecular weight excluding hydrogens is 414 g/mol. The molecule has 1 aromatic heterocycles. The Kier molecular flexibility index (Phi) is 6.64. The minimum atomic E-state index is -0.513. The van der Waals surface area contributed by atoms with Crippen molar-refractivity contribution in [1.29, 1.82) is 0 Å². The van der Waals surface area contributed by atoms with Crippen LogP contribution in [0.2, 0.25) is 0 Å². The van der Waals surface area contributed by atoms with Crippen LogP contribution >= 0.6 is 0 Å². The number of aromatic nitrogens is 2. The Morgan fingerprint density at radius 3 is 2.09 bits per heavy atom. The van der Waals surface area contributed by atoms with Crippen molar-refractivity contribution in [3.05, 3.63) is 129 Å². The summed E-state index contributed by atoms with van der Waals surface area (Å²) in [5.74, 6) is -0.397. The van der Waals surface area contributed by atoms with E-state index >= 15 is 0 Å². The second-order valence-electron chi connectivity index (χ2n) is 7.91. The summed E-state index contributed by atoms with van der Waals surface area (Å²) in [6.45, 7) is 1.86. The Hall–Kier alpha value is -4.19. The highest BCUT2D eigenvalue weighted by Gasteiger charge is 2.14. The maximum Gasteiger partial charge on any atom is 0.331 e. The Morgan fingerprint density at radius 2 is 1.42 bits per heavy atom. The molecule has 1 atom stereocenters. The van der Waals surface area contributed by atoms with E-state index in [0.717, 1.165) is 26.8 Å². The fraction of sp³-hybridized carbons (Fsp3) is 0.148. The maximum absolute atomic E-state index is 12.8. The summed E-state index contributed by atoms with van der Waals surface area (Å²) in [5.41, 5.74) is 3.07. The molecule has 6 heteroatoms. The van der Waals surface area contributed by atoms with Crippen LogP contribution in [0.1, 0.15) is 24.1 Å². The lowest BCUT2D eigenvalue weighted by Gasteiger charge is -2.16. The molecule has 1 N–H and O–H groups in total. The zero-order chi connectivity index (χ0) is 23.2. The summed E-state index contributed by atoms with van der Waals surface area (Å²) in [6.07, 6.45) is 1.46. The summed E-state index contributed by atoms with van der Waals surface area (Å²) in [5, 5.41) is 2.88. The monoisotopic (exact) mass is 439 g/mol. The number of nitrogens with one attached hydrogen (secondary N) is 1. The van der Waals surface area contributed by atoms with Crippen molar-refractivity contribution >= 4 is 5.91 Å². The zero-order valence-corrected chi connectivity index (χ0v) is 18.3. The normalized spacial score (nSPS) is 11.7. The van der Waals surface area contributed by atoms with Crippen molar-refractivity contribution in [2.24, 2.45) is 0 Å². The fourth-order valence-electron chi connectivity index (χ4n) is 3.71. The highest BCUT2D eigenvalue weighted by molar-refractivity contribution is 5.76. The first-order valence-electron chi connectivity index (χ1n) is 10.8. The summed E-state index contributed by atoms with van der Waals surface area (Å²) in [7, 11) is 0. The van der Waals surface area contributed by atoms with Gasteiger partial charge in [0, 0.05) is 12.3 Å². The molecule has 0 fully saturated rings. The van der Waals surface area contributed by atoms with Gasteiger partial charge in [-0.15, -0.1) is 0 Å². The second-order valence-corrected chi connectivity index (χ2v) is 7.91. The van der Waals surface area contributed by atoms with Gasteiger partial charge in [-0.25, -0.2) is 4.79 Å². The van der Waals surface area contributed by atoms with E-state index in [9.17, 15) is 14.4 Å². The minimum Gasteiger partial charge on any atom is -0.348 e. The van der Waals surface area contributed by atoms with Crippen LogP contribution in [0.5, 0.6) is 0 Å². The second kappa shape index (κ2) is 9.96. The fourth-order valence-corrected chi connectivity index (χ4v) is 3.71. The average Bonchev–Trinajstić information content (AvgIpc) is 2.85. The molecule has 0 spiro atoms. The molecule has 4 rings (SSSR count). The standard InChI is InChI=1S/C27H25N3O3/c1-20(22-12-14-24(15-13-22)23-10-6-3-7-11-23)28-25(31)19-30-26(32)16-17-29(27(30)33)18-21-8-4-2-5-9-21/h2-17,20H,18-19H2,1H3,(H,28,31)/t20-/m1/s1. The lowest BCUT2D eigenvalue weighted by atomic mass is 10.0. The molecule has 0 aliphatic carbocycles. The molecule has 0 radical (unpaired) electrons. The average molecular weight is 440 g/mol. The van der Waals surface area contributed by atoms with Gasteiger partial charge in [0.2, 0.25) is 5.91 Å². The Labute approximate surface area is 191 Å². The van der Waals surface area contributed by atoms with Gasteiger partial charge in [-0.1, -0.05) is 84.9 Å². The van der Waals surface area contributed by atoms with E-state index in [0.29, 0.717) is 6.54 Å². The van der Waals surface area contributed by atoms with Gasteiger partial charge in [-0.2, -0.15) is 0 Å². The van der Waals surface area contributed by atoms with E-state index in [1.54, 1.807) is 0 Å². The molecule has 0 unspecified atom stereocenters. The molecule has 1 amide bonds. The lowest BCUT2D eigenvalue weighted by molar-refractivity contribution is -0.122. The molecule has 0 saturated heterocycles. The summed E-state index contributed by atoms with van der Waals surface area (Å²) in [4.78, 5) is 37.7. The molecule has 6 nitrogen and oxygen atoms in total. The third kappa shape index (κ3) is 5.36. The van der Waals surface area contributed by atoms with Crippen molar-refractivity contribution in [3.8, 4) is 11.1 Å². The lowest BCUT2D eigenvalue weighted by Crippen LogP contribution is -2.43. The molecule has 0 bridgehead atoms. The van der Waals surface area contributed by atoms with E-state index in [1.807, 2.05) is 91.9 Å². The summed E-state index contributed by atoms with van der Waals surface area (Å²) < 4.78 is 2.39. The van der Waals surface area contributed by atoms with Crippen LogP contribution in [0.3, 0.4) is 0 Å². The number of hydrogen-bond donors (Lipinski definition) is 1.